The van der Waals surface area contributed by atoms with Crippen LogP contribution in [0.5, 0.6) is 0 Å². The minimum Gasteiger partial charge on any atom is -0.478 e. The summed E-state index contributed by atoms with van der Waals surface area (Å²) in [5, 5.41) is 13.0. The number of benzene rings is 2. The maximum Gasteiger partial charge on any atom is 0.335 e. The molecule has 1 aliphatic rings. The highest BCUT2D eigenvalue weighted by atomic mass is 16.4. The molecule has 1 fully saturated rings. The summed E-state index contributed by atoms with van der Waals surface area (Å²) in [6.07, 6.45) is 4.29. The van der Waals surface area contributed by atoms with Gasteiger partial charge in [-0.3, -0.25) is 5.43 Å². The lowest BCUT2D eigenvalue weighted by Gasteiger charge is -2.17. The Morgan fingerprint density at radius 1 is 1.04 bits per heavy atom. The molecule has 0 aromatic heterocycles. The summed E-state index contributed by atoms with van der Waals surface area (Å²) < 4.78 is 0. The molecule has 0 radical (unpaired) electrons. The SMILES string of the molecule is O=C(O)c1ccc(NN=Cc2ccc(N3CCCC3)cc2)cc1. The molecule has 1 heterocycles. The number of hydrogen-bond acceptors (Lipinski definition) is 4. The van der Waals surface area contributed by atoms with Gasteiger partial charge in [0, 0.05) is 18.8 Å². The molecule has 0 bridgehead atoms. The van der Waals surface area contributed by atoms with E-state index in [4.69, 9.17) is 5.11 Å². The van der Waals surface area contributed by atoms with E-state index in [0.717, 1.165) is 24.3 Å². The van der Waals surface area contributed by atoms with Gasteiger partial charge in [-0.25, -0.2) is 4.79 Å². The van der Waals surface area contributed by atoms with Gasteiger partial charge in [0.25, 0.3) is 0 Å². The fourth-order valence-electron chi connectivity index (χ4n) is 2.62. The summed E-state index contributed by atoms with van der Waals surface area (Å²) in [6, 6.07) is 14.8. The number of nitrogens with zero attached hydrogens (tertiary/aromatic N) is 2. The molecule has 2 aromatic rings. The second-order valence-corrected chi connectivity index (χ2v) is 5.54. The number of carbonyl (C=O) groups is 1. The van der Waals surface area contributed by atoms with Crippen LogP contribution in [-0.4, -0.2) is 30.4 Å². The zero-order chi connectivity index (χ0) is 16.1. The number of rotatable bonds is 5. The third-order valence-corrected chi connectivity index (χ3v) is 3.90. The highest BCUT2D eigenvalue weighted by Crippen LogP contribution is 2.20. The third kappa shape index (κ3) is 3.88. The third-order valence-electron chi connectivity index (χ3n) is 3.90. The molecule has 0 saturated carbocycles. The first-order chi connectivity index (χ1) is 11.2. The molecule has 118 valence electrons. The van der Waals surface area contributed by atoms with E-state index in [9.17, 15) is 4.79 Å². The van der Waals surface area contributed by atoms with Crippen molar-refractivity contribution in [3.05, 3.63) is 59.7 Å². The number of anilines is 2. The van der Waals surface area contributed by atoms with E-state index in [1.807, 2.05) is 12.1 Å². The Balaban J connectivity index is 1.58. The molecule has 0 amide bonds. The van der Waals surface area contributed by atoms with E-state index in [-0.39, 0.29) is 5.56 Å². The van der Waals surface area contributed by atoms with Crippen molar-refractivity contribution >= 4 is 23.6 Å². The average Bonchev–Trinajstić information content (AvgIpc) is 3.10. The lowest BCUT2D eigenvalue weighted by atomic mass is 10.2. The number of carboxylic acid groups (broad SMARTS) is 1. The molecule has 0 aliphatic carbocycles. The van der Waals surface area contributed by atoms with Crippen LogP contribution in [0.1, 0.15) is 28.8 Å². The van der Waals surface area contributed by atoms with Crippen molar-refractivity contribution in [3.8, 4) is 0 Å². The maximum absolute atomic E-state index is 10.8. The van der Waals surface area contributed by atoms with Crippen LogP contribution < -0.4 is 10.3 Å². The molecule has 23 heavy (non-hydrogen) atoms. The average molecular weight is 309 g/mol. The molecule has 0 spiro atoms. The highest BCUT2D eigenvalue weighted by Gasteiger charge is 2.11. The largest absolute Gasteiger partial charge is 0.478 e. The lowest BCUT2D eigenvalue weighted by molar-refractivity contribution is 0.0697. The minimum absolute atomic E-state index is 0.261. The topological polar surface area (TPSA) is 64.9 Å². The van der Waals surface area contributed by atoms with Crippen LogP contribution in [0.25, 0.3) is 0 Å². The molecular weight excluding hydrogens is 290 g/mol. The molecule has 5 heteroatoms. The predicted molar refractivity (Wildman–Crippen MR) is 92.5 cm³/mol. The number of hydrogen-bond donors (Lipinski definition) is 2. The smallest absolute Gasteiger partial charge is 0.335 e. The van der Waals surface area contributed by atoms with Gasteiger partial charge >= 0.3 is 5.97 Å². The summed E-state index contributed by atoms with van der Waals surface area (Å²) in [5.41, 5.74) is 6.18. The van der Waals surface area contributed by atoms with Crippen LogP contribution in [0.2, 0.25) is 0 Å². The van der Waals surface area contributed by atoms with Gasteiger partial charge in [0.1, 0.15) is 0 Å². The van der Waals surface area contributed by atoms with Crippen LogP contribution in [-0.2, 0) is 0 Å². The Morgan fingerprint density at radius 2 is 1.70 bits per heavy atom. The van der Waals surface area contributed by atoms with Gasteiger partial charge in [0.05, 0.1) is 17.5 Å². The van der Waals surface area contributed by atoms with Crippen molar-refractivity contribution in [3.63, 3.8) is 0 Å². The fraction of sp³-hybridized carbons (Fsp3) is 0.222. The van der Waals surface area contributed by atoms with Crippen molar-refractivity contribution in [2.75, 3.05) is 23.4 Å². The number of aromatic carboxylic acids is 1. The molecule has 2 aromatic carbocycles. The number of nitrogens with one attached hydrogen (secondary N) is 1. The summed E-state index contributed by atoms with van der Waals surface area (Å²) >= 11 is 0. The van der Waals surface area contributed by atoms with Crippen molar-refractivity contribution in [1.82, 2.24) is 0 Å². The van der Waals surface area contributed by atoms with E-state index < -0.39 is 5.97 Å². The van der Waals surface area contributed by atoms with Crippen molar-refractivity contribution in [2.24, 2.45) is 5.10 Å². The molecule has 3 rings (SSSR count). The number of carboxylic acids is 1. The van der Waals surface area contributed by atoms with Gasteiger partial charge in [-0.1, -0.05) is 12.1 Å². The molecule has 2 N–H and O–H groups in total. The molecule has 0 atom stereocenters. The normalized spacial score (nSPS) is 14.3. The predicted octanol–water partition coefficient (Wildman–Crippen LogP) is 3.43. The summed E-state index contributed by atoms with van der Waals surface area (Å²) in [5.74, 6) is -0.932. The first-order valence-corrected chi connectivity index (χ1v) is 7.70. The van der Waals surface area contributed by atoms with Gasteiger partial charge in [-0.15, -0.1) is 0 Å². The molecular formula is C18H19N3O2. The molecule has 0 unspecified atom stereocenters. The Kier molecular flexibility index (Phi) is 4.57. The van der Waals surface area contributed by atoms with Gasteiger partial charge in [-0.2, -0.15) is 5.10 Å². The van der Waals surface area contributed by atoms with Gasteiger partial charge in [-0.05, 0) is 54.8 Å². The Labute approximate surface area is 135 Å². The Hall–Kier alpha value is -2.82. The van der Waals surface area contributed by atoms with Crippen molar-refractivity contribution in [1.29, 1.82) is 0 Å². The van der Waals surface area contributed by atoms with E-state index in [0.29, 0.717) is 0 Å². The zero-order valence-corrected chi connectivity index (χ0v) is 12.8. The first-order valence-electron chi connectivity index (χ1n) is 7.70. The Bertz CT molecular complexity index is 687. The quantitative estimate of drug-likeness (QED) is 0.656. The first kappa shape index (κ1) is 15.1. The van der Waals surface area contributed by atoms with E-state index in [1.54, 1.807) is 30.5 Å². The second kappa shape index (κ2) is 6.96. The summed E-state index contributed by atoms with van der Waals surface area (Å²) in [4.78, 5) is 13.2. The zero-order valence-electron chi connectivity index (χ0n) is 12.8. The van der Waals surface area contributed by atoms with Crippen LogP contribution in [0, 0.1) is 0 Å². The number of hydrazone groups is 1. The molecule has 1 saturated heterocycles. The van der Waals surface area contributed by atoms with Gasteiger partial charge in [0.2, 0.25) is 0 Å². The molecule has 1 aliphatic heterocycles. The highest BCUT2D eigenvalue weighted by molar-refractivity contribution is 5.88. The Morgan fingerprint density at radius 3 is 2.30 bits per heavy atom. The van der Waals surface area contributed by atoms with Crippen molar-refractivity contribution < 1.29 is 9.90 Å². The van der Waals surface area contributed by atoms with Crippen molar-refractivity contribution in [2.45, 2.75) is 12.8 Å². The standard InChI is InChI=1S/C18H19N3O2/c22-18(23)15-5-7-16(8-6-15)20-19-13-14-3-9-17(10-4-14)21-11-1-2-12-21/h3-10,13,20H,1-2,11-12H2,(H,22,23). The lowest BCUT2D eigenvalue weighted by Crippen LogP contribution is -2.17. The monoisotopic (exact) mass is 309 g/mol. The van der Waals surface area contributed by atoms with Gasteiger partial charge in [0.15, 0.2) is 0 Å². The second-order valence-electron chi connectivity index (χ2n) is 5.54. The van der Waals surface area contributed by atoms with Crippen LogP contribution >= 0.6 is 0 Å². The summed E-state index contributed by atoms with van der Waals surface area (Å²) in [6.45, 7) is 2.28. The minimum atomic E-state index is -0.932. The van der Waals surface area contributed by atoms with E-state index in [2.05, 4.69) is 27.6 Å². The fourth-order valence-corrected chi connectivity index (χ4v) is 2.62. The molecule has 5 nitrogen and oxygen atoms in total. The van der Waals surface area contributed by atoms with Gasteiger partial charge < -0.3 is 10.0 Å². The van der Waals surface area contributed by atoms with Crippen LogP contribution in [0.4, 0.5) is 11.4 Å². The summed E-state index contributed by atoms with van der Waals surface area (Å²) in [7, 11) is 0. The van der Waals surface area contributed by atoms with E-state index in [1.165, 1.54) is 18.5 Å². The van der Waals surface area contributed by atoms with Crippen LogP contribution in [0.15, 0.2) is 53.6 Å². The maximum atomic E-state index is 10.8. The van der Waals surface area contributed by atoms with Crippen LogP contribution in [0.3, 0.4) is 0 Å². The van der Waals surface area contributed by atoms with E-state index >= 15 is 0 Å².